The van der Waals surface area contributed by atoms with Crippen molar-refractivity contribution in [3.63, 3.8) is 0 Å². The number of nitrogens with one attached hydrogen (secondary N) is 3. The van der Waals surface area contributed by atoms with E-state index in [1.54, 1.807) is 0 Å². The van der Waals surface area contributed by atoms with Crippen LogP contribution in [-0.4, -0.2) is 45.3 Å². The van der Waals surface area contributed by atoms with Crippen molar-refractivity contribution in [1.82, 2.24) is 25.5 Å². The predicted molar refractivity (Wildman–Crippen MR) is 148 cm³/mol. The Bertz CT molecular complexity index is 969. The van der Waals surface area contributed by atoms with Gasteiger partial charge in [0.25, 0.3) is 0 Å². The number of H-pyrrole nitrogens is 1. The van der Waals surface area contributed by atoms with Gasteiger partial charge in [0.2, 0.25) is 11.8 Å². The van der Waals surface area contributed by atoms with Crippen LogP contribution in [0.15, 0.2) is 36.5 Å². The first-order chi connectivity index (χ1) is 16.5. The van der Waals surface area contributed by atoms with Crippen LogP contribution in [0.4, 0.5) is 0 Å². The van der Waals surface area contributed by atoms with Gasteiger partial charge in [0.15, 0.2) is 0 Å². The molecule has 7 heteroatoms. The molecule has 1 aliphatic heterocycles. The van der Waals surface area contributed by atoms with Gasteiger partial charge in [0, 0.05) is 34.0 Å². The smallest absolute Gasteiger partial charge is 0.243 e. The highest BCUT2D eigenvalue weighted by molar-refractivity contribution is 5.88. The van der Waals surface area contributed by atoms with Crippen molar-refractivity contribution >= 4 is 22.8 Å². The molecule has 1 saturated heterocycles. The van der Waals surface area contributed by atoms with E-state index < -0.39 is 6.04 Å². The molecule has 198 valence electrons. The average molecular weight is 488 g/mol. The fraction of sp³-hybridized carbons (Fsp3) is 0.607. The fourth-order valence-corrected chi connectivity index (χ4v) is 4.28. The minimum absolute atomic E-state index is 0. The van der Waals surface area contributed by atoms with Gasteiger partial charge in [-0.25, -0.2) is 4.98 Å². The first-order valence-corrected chi connectivity index (χ1v) is 13.0. The van der Waals surface area contributed by atoms with E-state index >= 15 is 0 Å². The molecule has 0 radical (unpaired) electrons. The Morgan fingerprint density at radius 1 is 1.26 bits per heavy atom. The highest BCUT2D eigenvalue weighted by Gasteiger charge is 2.28. The summed E-state index contributed by atoms with van der Waals surface area (Å²) in [5.74, 6) is 0.359. The molecule has 1 aromatic carbocycles. The Morgan fingerprint density at radius 3 is 2.54 bits per heavy atom. The minimum Gasteiger partial charge on any atom is -0.373 e. The lowest BCUT2D eigenvalue weighted by atomic mass is 9.90. The Balaban J connectivity index is 0.00000316. The summed E-state index contributed by atoms with van der Waals surface area (Å²) in [6, 6.07) is 7.18. The molecule has 7 nitrogen and oxygen atoms in total. The molecule has 2 aromatic rings. The van der Waals surface area contributed by atoms with Crippen molar-refractivity contribution in [2.75, 3.05) is 6.54 Å². The van der Waals surface area contributed by atoms with Crippen LogP contribution >= 0.6 is 0 Å². The quantitative estimate of drug-likeness (QED) is 0.407. The van der Waals surface area contributed by atoms with Crippen LogP contribution in [0.3, 0.4) is 0 Å². The Hall–Kier alpha value is -2.83. The Labute approximate surface area is 214 Å². The van der Waals surface area contributed by atoms with Gasteiger partial charge < -0.3 is 20.5 Å². The number of nitrogens with zero attached hydrogens (tertiary/aromatic N) is 2. The van der Waals surface area contributed by atoms with Crippen LogP contribution in [-0.2, 0) is 9.59 Å². The number of hydrogen-bond acceptors (Lipinski definition) is 4. The molecule has 0 spiro atoms. The molecule has 2 heterocycles. The van der Waals surface area contributed by atoms with Gasteiger partial charge in [0.1, 0.15) is 11.9 Å². The van der Waals surface area contributed by atoms with Crippen LogP contribution < -0.4 is 10.6 Å². The molecular formula is C28H49N5O2. The standard InChI is InChI=1S/C26H39N5O2.C2H6.2H2/c1-17-10-9-15-31(17)18(2)16-22(28-23(32)13-14-26(4,5)6)25(33)27-19(3)24-29-20-11-7-8-12-21(20)30-24;1-2;;/h7-8,11-12,17,19,22H,2,9-10,13-16H2,1,3-6H3,(H,27,33)(H,28,32)(H,29,30);1-2H3;2*1H/t17-,19-,22-;;;/m0.../s1. The number of carbonyl (C=O) groups excluding carboxylic acids is 2. The van der Waals surface area contributed by atoms with Crippen molar-refractivity contribution in [3.05, 3.63) is 42.4 Å². The molecule has 0 saturated carbocycles. The van der Waals surface area contributed by atoms with Gasteiger partial charge >= 0.3 is 0 Å². The molecule has 0 aliphatic carbocycles. The van der Waals surface area contributed by atoms with Gasteiger partial charge in [0.05, 0.1) is 17.1 Å². The van der Waals surface area contributed by atoms with E-state index in [0.29, 0.717) is 24.7 Å². The van der Waals surface area contributed by atoms with Gasteiger partial charge in [-0.1, -0.05) is 53.3 Å². The largest absolute Gasteiger partial charge is 0.373 e. The summed E-state index contributed by atoms with van der Waals surface area (Å²) >= 11 is 0. The number of aromatic nitrogens is 2. The van der Waals surface area contributed by atoms with E-state index in [1.165, 1.54) is 0 Å². The summed E-state index contributed by atoms with van der Waals surface area (Å²) in [6.45, 7) is 19.6. The second-order valence-corrected chi connectivity index (χ2v) is 10.5. The topological polar surface area (TPSA) is 90.1 Å². The van der Waals surface area contributed by atoms with Crippen molar-refractivity contribution in [3.8, 4) is 0 Å². The summed E-state index contributed by atoms with van der Waals surface area (Å²) in [6.07, 6.45) is 3.78. The lowest BCUT2D eigenvalue weighted by Gasteiger charge is -2.29. The predicted octanol–water partition coefficient (Wildman–Crippen LogP) is 5.96. The van der Waals surface area contributed by atoms with Gasteiger partial charge in [-0.05, 0) is 50.7 Å². The van der Waals surface area contributed by atoms with Crippen LogP contribution in [0, 0.1) is 5.41 Å². The van der Waals surface area contributed by atoms with E-state index in [2.05, 4.69) is 59.8 Å². The second kappa shape index (κ2) is 12.8. The number of para-hydroxylation sites is 2. The third-order valence-electron chi connectivity index (χ3n) is 6.33. The van der Waals surface area contributed by atoms with Gasteiger partial charge in [-0.15, -0.1) is 0 Å². The highest BCUT2D eigenvalue weighted by Crippen LogP contribution is 2.24. The number of benzene rings is 1. The normalized spacial score (nSPS) is 17.3. The number of carbonyl (C=O) groups is 2. The van der Waals surface area contributed by atoms with Crippen molar-refractivity contribution < 1.29 is 12.4 Å². The van der Waals surface area contributed by atoms with E-state index in [1.807, 2.05) is 45.0 Å². The van der Waals surface area contributed by atoms with Gasteiger partial charge in [-0.3, -0.25) is 9.59 Å². The SMILES string of the molecule is C=C(C[C@H](NC(=O)CCC(C)(C)C)C(=O)N[C@@H](C)c1nc2ccccc2[nH]1)N1CCC[C@@H]1C.CC.[HH].[HH]. The molecule has 1 aromatic heterocycles. The third-order valence-corrected chi connectivity index (χ3v) is 6.33. The van der Waals surface area contributed by atoms with E-state index in [4.69, 9.17) is 0 Å². The van der Waals surface area contributed by atoms with Crippen LogP contribution in [0.25, 0.3) is 11.0 Å². The molecule has 1 aliphatic rings. The number of hydrogen-bond donors (Lipinski definition) is 3. The first-order valence-electron chi connectivity index (χ1n) is 13.0. The van der Waals surface area contributed by atoms with E-state index in [0.717, 1.165) is 42.5 Å². The molecule has 3 atom stereocenters. The van der Waals surface area contributed by atoms with E-state index in [9.17, 15) is 9.59 Å². The number of likely N-dealkylation sites (tertiary alicyclic amines) is 1. The van der Waals surface area contributed by atoms with Crippen molar-refractivity contribution in [1.29, 1.82) is 0 Å². The molecule has 0 bridgehead atoms. The molecular weight excluding hydrogens is 438 g/mol. The Kier molecular flexibility index (Phi) is 10.3. The number of amides is 2. The second-order valence-electron chi connectivity index (χ2n) is 10.5. The summed E-state index contributed by atoms with van der Waals surface area (Å²) in [5.41, 5.74) is 2.74. The number of fused-ring (bicyclic) bond motifs is 1. The number of rotatable bonds is 9. The zero-order valence-corrected chi connectivity index (χ0v) is 22.7. The lowest BCUT2D eigenvalue weighted by molar-refractivity contribution is -0.129. The highest BCUT2D eigenvalue weighted by atomic mass is 16.2. The van der Waals surface area contributed by atoms with Crippen molar-refractivity contribution in [2.45, 2.75) is 98.7 Å². The molecule has 1 fully saturated rings. The average Bonchev–Trinajstić information content (AvgIpc) is 3.44. The monoisotopic (exact) mass is 487 g/mol. The van der Waals surface area contributed by atoms with Crippen LogP contribution in [0.2, 0.25) is 0 Å². The molecule has 2 amide bonds. The van der Waals surface area contributed by atoms with Crippen LogP contribution in [0.5, 0.6) is 0 Å². The van der Waals surface area contributed by atoms with Crippen LogP contribution in [0.1, 0.15) is 95.3 Å². The molecule has 3 rings (SSSR count). The minimum atomic E-state index is -0.676. The summed E-state index contributed by atoms with van der Waals surface area (Å²) in [4.78, 5) is 36.1. The Morgan fingerprint density at radius 2 is 1.94 bits per heavy atom. The molecule has 0 unspecified atom stereocenters. The zero-order chi connectivity index (χ0) is 26.2. The number of aromatic amines is 1. The lowest BCUT2D eigenvalue weighted by Crippen LogP contribution is -2.48. The maximum Gasteiger partial charge on any atom is 0.243 e. The molecule has 35 heavy (non-hydrogen) atoms. The van der Waals surface area contributed by atoms with Crippen molar-refractivity contribution in [2.24, 2.45) is 5.41 Å². The maximum atomic E-state index is 13.3. The molecule has 3 N–H and O–H groups in total. The van der Waals surface area contributed by atoms with Gasteiger partial charge in [-0.2, -0.15) is 0 Å². The summed E-state index contributed by atoms with van der Waals surface area (Å²) in [7, 11) is 0. The summed E-state index contributed by atoms with van der Waals surface area (Å²) < 4.78 is 0. The maximum absolute atomic E-state index is 13.3. The number of imidazole rings is 1. The van der Waals surface area contributed by atoms with E-state index in [-0.39, 0.29) is 26.1 Å². The fourth-order valence-electron chi connectivity index (χ4n) is 4.28. The zero-order valence-electron chi connectivity index (χ0n) is 22.7. The third kappa shape index (κ3) is 8.41. The summed E-state index contributed by atoms with van der Waals surface area (Å²) in [5, 5.41) is 6.01. The first kappa shape index (κ1) is 28.4.